The minimum Gasteiger partial charge on any atom is -0.468 e. The first-order chi connectivity index (χ1) is 19.2. The Morgan fingerprint density at radius 3 is 1.30 bits per heavy atom. The molecule has 0 rings (SSSR count). The Kier molecular flexibility index (Phi) is 85.0. The molecule has 245 valence electrons. The number of hydrogen-bond acceptors (Lipinski definition) is 8. The van der Waals surface area contributed by atoms with Crippen molar-refractivity contribution in [3.8, 4) is 0 Å². The molecule has 0 spiro atoms. The molecule has 0 unspecified atom stereocenters. The Bertz CT molecular complexity index is 465. The van der Waals surface area contributed by atoms with Crippen molar-refractivity contribution in [2.45, 2.75) is 129 Å². The largest absolute Gasteiger partial charge is 0.468 e. The number of carbonyl (C=O) groups excluding carboxylic acids is 4. The van der Waals surface area contributed by atoms with Crippen LogP contribution in [0.3, 0.4) is 0 Å². The monoisotopic (exact) mass is 623 g/mol. The summed E-state index contributed by atoms with van der Waals surface area (Å²) in [6.07, 6.45) is 26.1. The van der Waals surface area contributed by atoms with Crippen LogP contribution in [0.4, 0.5) is 0 Å². The summed E-state index contributed by atoms with van der Waals surface area (Å²) in [5, 5.41) is 12.6. The number of allylic oxidation sites excluding steroid dienone is 1. The van der Waals surface area contributed by atoms with E-state index in [1.165, 1.54) is 77.0 Å². The zero-order chi connectivity index (χ0) is 30.5. The fraction of sp³-hybridized carbons (Fsp3) is 0.839. The summed E-state index contributed by atoms with van der Waals surface area (Å²) in [5.41, 5.74) is 0. The number of nitrogens with one attached hydrogen (secondary N) is 2. The second kappa shape index (κ2) is 66.2. The maximum Gasteiger partial charge on any atom is 0.293 e. The van der Waals surface area contributed by atoms with Gasteiger partial charge in [-0.15, -0.1) is 0 Å². The van der Waals surface area contributed by atoms with E-state index < -0.39 is 0 Å². The number of hydrogen-bond donors (Lipinski definition) is 3. The van der Waals surface area contributed by atoms with Crippen LogP contribution in [0.2, 0.25) is 0 Å². The van der Waals surface area contributed by atoms with Gasteiger partial charge < -0.3 is 30.1 Å². The first-order valence-corrected chi connectivity index (χ1v) is 15.0. The number of aliphatic hydroxyl groups is 1. The minimum atomic E-state index is 0. The predicted molar refractivity (Wildman–Crippen MR) is 165 cm³/mol. The Morgan fingerprint density at radius 1 is 0.650 bits per heavy atom. The van der Waals surface area contributed by atoms with Crippen molar-refractivity contribution in [2.24, 2.45) is 0 Å². The van der Waals surface area contributed by atoms with E-state index in [-0.39, 0.29) is 17.1 Å². The van der Waals surface area contributed by atoms with Crippen LogP contribution in [0.5, 0.6) is 0 Å². The van der Waals surface area contributed by atoms with Gasteiger partial charge in [-0.3, -0.25) is 4.79 Å². The van der Waals surface area contributed by atoms with Crippen molar-refractivity contribution in [1.29, 1.82) is 0 Å². The number of carbonyl (C=O) groups is 3. The van der Waals surface area contributed by atoms with E-state index in [0.29, 0.717) is 19.5 Å². The van der Waals surface area contributed by atoms with Gasteiger partial charge in [0, 0.05) is 43.6 Å². The van der Waals surface area contributed by atoms with Gasteiger partial charge >= 0.3 is 0 Å². The molecule has 0 fully saturated rings. The summed E-state index contributed by atoms with van der Waals surface area (Å²) in [6.45, 7) is 3.90. The Morgan fingerprint density at radius 2 is 1.02 bits per heavy atom. The van der Waals surface area contributed by atoms with Crippen LogP contribution in [-0.4, -0.2) is 71.5 Å². The van der Waals surface area contributed by atoms with Crippen molar-refractivity contribution in [3.05, 3.63) is 6.08 Å². The summed E-state index contributed by atoms with van der Waals surface area (Å²) < 4.78 is 4.39. The third-order valence-corrected chi connectivity index (χ3v) is 5.20. The van der Waals surface area contributed by atoms with E-state index in [0.717, 1.165) is 64.8 Å². The Labute approximate surface area is 257 Å². The molecule has 9 heteroatoms. The van der Waals surface area contributed by atoms with Crippen LogP contribution in [0.1, 0.15) is 129 Å². The zero-order valence-corrected chi connectivity index (χ0v) is 27.4. The number of unbranched alkanes of at least 4 members (excludes halogenated alkanes) is 16. The quantitative estimate of drug-likeness (QED) is 0.0517. The fourth-order valence-electron chi connectivity index (χ4n) is 3.13. The van der Waals surface area contributed by atoms with Crippen LogP contribution in [0.25, 0.3) is 0 Å². The molecule has 0 heterocycles. The van der Waals surface area contributed by atoms with Crippen molar-refractivity contribution in [2.75, 3.05) is 41.4 Å². The molecule has 0 aliphatic heterocycles. The van der Waals surface area contributed by atoms with Crippen molar-refractivity contribution >= 4 is 25.0 Å². The van der Waals surface area contributed by atoms with E-state index in [9.17, 15) is 19.2 Å². The normalized spacial score (nSPS) is 8.65. The van der Waals surface area contributed by atoms with Gasteiger partial charge in [-0.2, -0.15) is 0 Å². The van der Waals surface area contributed by atoms with Gasteiger partial charge in [-0.05, 0) is 52.9 Å². The molecule has 0 bridgehead atoms. The smallest absolute Gasteiger partial charge is 0.293 e. The van der Waals surface area contributed by atoms with E-state index >= 15 is 0 Å². The number of ether oxygens (including phenoxy) is 1. The standard InChI is InChI=1S/C19H34O2.C5H10O2.C4H9NO.C2H7N.CH4O.Cu/c20-18-16-14-12-10-8-6-4-2-1-3-5-7-9-11-13-15-17-19-21;1-2-3-4-7-5-6;1-5-3-2-4-6;1-3-2;1-2;/h16,19H,1-15,17H2;5H,2-4H2,1H3;4-5H,2-3H2,1H3;3H,1-2H3;2H,1H3;. The molecule has 0 aromatic rings. The van der Waals surface area contributed by atoms with Crippen molar-refractivity contribution < 1.29 is 46.1 Å². The average Bonchev–Trinajstić information content (AvgIpc) is 2.96. The molecule has 0 atom stereocenters. The molecule has 0 aromatic carbocycles. The minimum absolute atomic E-state index is 0. The molecule has 0 saturated carbocycles. The third-order valence-electron chi connectivity index (χ3n) is 5.20. The second-order valence-corrected chi connectivity index (χ2v) is 8.90. The van der Waals surface area contributed by atoms with Crippen LogP contribution < -0.4 is 10.6 Å². The van der Waals surface area contributed by atoms with Crippen LogP contribution in [-0.2, 0) is 41.0 Å². The molecular weight excluding hydrogens is 560 g/mol. The number of rotatable bonds is 24. The van der Waals surface area contributed by atoms with Gasteiger partial charge in [-0.25, -0.2) is 4.79 Å². The summed E-state index contributed by atoms with van der Waals surface area (Å²) in [7, 11) is 6.57. The van der Waals surface area contributed by atoms with E-state index in [2.05, 4.69) is 15.4 Å². The molecule has 0 aromatic heterocycles. The molecule has 3 N–H and O–H groups in total. The molecule has 0 amide bonds. The summed E-state index contributed by atoms with van der Waals surface area (Å²) in [6, 6.07) is 0. The fourth-order valence-corrected chi connectivity index (χ4v) is 3.13. The average molecular weight is 624 g/mol. The van der Waals surface area contributed by atoms with Crippen LogP contribution in [0, 0.1) is 0 Å². The maximum absolute atomic E-state index is 10.2. The summed E-state index contributed by atoms with van der Waals surface area (Å²) in [4.78, 5) is 39.1. The molecule has 0 saturated heterocycles. The first kappa shape index (κ1) is 51.4. The van der Waals surface area contributed by atoms with E-state index in [1.54, 1.807) is 6.08 Å². The number of aliphatic hydroxyl groups excluding tert-OH is 1. The van der Waals surface area contributed by atoms with Gasteiger partial charge in [0.15, 0.2) is 0 Å². The maximum atomic E-state index is 10.2. The van der Waals surface area contributed by atoms with Crippen molar-refractivity contribution in [3.63, 3.8) is 0 Å². The van der Waals surface area contributed by atoms with E-state index in [4.69, 9.17) is 5.11 Å². The first-order valence-electron chi connectivity index (χ1n) is 15.0. The van der Waals surface area contributed by atoms with Gasteiger partial charge in [0.1, 0.15) is 18.5 Å². The molecule has 8 nitrogen and oxygen atoms in total. The Hall–Kier alpha value is -1.34. The Balaban J connectivity index is -0.000000124. The third kappa shape index (κ3) is 83.3. The second-order valence-electron chi connectivity index (χ2n) is 8.90. The number of aldehydes is 2. The summed E-state index contributed by atoms with van der Waals surface area (Å²) in [5.74, 6) is 1.83. The molecule has 1 radical (unpaired) electrons. The van der Waals surface area contributed by atoms with Gasteiger partial charge in [0.2, 0.25) is 0 Å². The van der Waals surface area contributed by atoms with Gasteiger partial charge in [-0.1, -0.05) is 90.4 Å². The van der Waals surface area contributed by atoms with Gasteiger partial charge in [0.25, 0.3) is 6.47 Å². The molecule has 0 aliphatic rings. The summed E-state index contributed by atoms with van der Waals surface area (Å²) >= 11 is 0. The van der Waals surface area contributed by atoms with Gasteiger partial charge in [0.05, 0.1) is 6.61 Å². The zero-order valence-electron chi connectivity index (χ0n) is 26.4. The van der Waals surface area contributed by atoms with Crippen LogP contribution >= 0.6 is 0 Å². The molecular formula is C31H64CuN2O6. The van der Waals surface area contributed by atoms with Crippen molar-refractivity contribution in [1.82, 2.24) is 10.6 Å². The predicted octanol–water partition coefficient (Wildman–Crippen LogP) is 6.01. The molecule has 0 aliphatic carbocycles. The SMILES string of the molecule is CCCCOC=O.CNC.CNCCC=O.CO.O=C=CCCCCCCCCCCCCCCCCC=O.[Cu]. The molecule has 40 heavy (non-hydrogen) atoms. The topological polar surface area (TPSA) is 122 Å². The van der Waals surface area contributed by atoms with Crippen LogP contribution in [0.15, 0.2) is 6.08 Å². The van der Waals surface area contributed by atoms with E-state index in [1.807, 2.05) is 34.0 Å².